The van der Waals surface area contributed by atoms with Gasteiger partial charge in [-0.15, -0.1) is 0 Å². The maximum absolute atomic E-state index is 8.83. The Morgan fingerprint density at radius 2 is 2.07 bits per heavy atom. The molecule has 0 radical (unpaired) electrons. The highest BCUT2D eigenvalue weighted by Crippen LogP contribution is 2.21. The molecule has 0 saturated heterocycles. The first-order valence-corrected chi connectivity index (χ1v) is 5.55. The first-order chi connectivity index (χ1) is 6.77. The van der Waals surface area contributed by atoms with Crippen LogP contribution >= 0.6 is 0 Å². The molecule has 0 aliphatic heterocycles. The van der Waals surface area contributed by atoms with E-state index in [0.717, 1.165) is 6.54 Å². The standard InChI is InChI=1S/C11H21N3/c1-13-10(8-12)9-14(2)11-6-4-3-5-7-11/h10-11,13H,3-7,9H2,1-2H3. The van der Waals surface area contributed by atoms with E-state index in [-0.39, 0.29) is 6.04 Å². The molecule has 1 saturated carbocycles. The van der Waals surface area contributed by atoms with Crippen LogP contribution < -0.4 is 5.32 Å². The van der Waals surface area contributed by atoms with Gasteiger partial charge in [0.25, 0.3) is 0 Å². The zero-order chi connectivity index (χ0) is 10.4. The van der Waals surface area contributed by atoms with Gasteiger partial charge < -0.3 is 10.2 Å². The lowest BCUT2D eigenvalue weighted by Gasteiger charge is -2.32. The molecule has 3 heteroatoms. The minimum atomic E-state index is -0.0260. The Kier molecular flexibility index (Phi) is 4.92. The number of likely N-dealkylation sites (N-methyl/N-ethyl adjacent to an activating group) is 2. The van der Waals surface area contributed by atoms with Gasteiger partial charge in [0, 0.05) is 12.6 Å². The van der Waals surface area contributed by atoms with Gasteiger partial charge in [-0.3, -0.25) is 0 Å². The highest BCUT2D eigenvalue weighted by Gasteiger charge is 2.19. The average Bonchev–Trinajstić information content (AvgIpc) is 2.26. The fourth-order valence-corrected chi connectivity index (χ4v) is 2.16. The highest BCUT2D eigenvalue weighted by molar-refractivity contribution is 4.91. The Bertz CT molecular complexity index is 191. The average molecular weight is 195 g/mol. The lowest BCUT2D eigenvalue weighted by molar-refractivity contribution is 0.185. The van der Waals surface area contributed by atoms with E-state index >= 15 is 0 Å². The quantitative estimate of drug-likeness (QED) is 0.736. The summed E-state index contributed by atoms with van der Waals surface area (Å²) in [6.45, 7) is 0.845. The molecule has 1 aliphatic rings. The first kappa shape index (κ1) is 11.5. The van der Waals surface area contributed by atoms with Crippen LogP contribution in [0.4, 0.5) is 0 Å². The molecule has 0 aromatic rings. The Balaban J connectivity index is 2.32. The van der Waals surface area contributed by atoms with Gasteiger partial charge in [-0.05, 0) is 26.9 Å². The van der Waals surface area contributed by atoms with Crippen molar-refractivity contribution >= 4 is 0 Å². The first-order valence-electron chi connectivity index (χ1n) is 5.55. The third-order valence-electron chi connectivity index (χ3n) is 3.17. The summed E-state index contributed by atoms with van der Waals surface area (Å²) in [4.78, 5) is 2.34. The van der Waals surface area contributed by atoms with E-state index < -0.39 is 0 Å². The van der Waals surface area contributed by atoms with E-state index in [4.69, 9.17) is 5.26 Å². The fraction of sp³-hybridized carbons (Fsp3) is 0.909. The van der Waals surface area contributed by atoms with E-state index in [9.17, 15) is 0 Å². The van der Waals surface area contributed by atoms with E-state index in [2.05, 4.69) is 23.3 Å². The van der Waals surface area contributed by atoms with E-state index in [1.165, 1.54) is 32.1 Å². The third-order valence-corrected chi connectivity index (χ3v) is 3.17. The van der Waals surface area contributed by atoms with Crippen LogP contribution in [0.5, 0.6) is 0 Å². The SMILES string of the molecule is CNC(C#N)CN(C)C1CCCCC1. The molecule has 0 amide bonds. The molecule has 0 aromatic carbocycles. The second kappa shape index (κ2) is 6.00. The third kappa shape index (κ3) is 3.28. The summed E-state index contributed by atoms with van der Waals surface area (Å²) in [5.41, 5.74) is 0. The van der Waals surface area contributed by atoms with Crippen LogP contribution in [0.15, 0.2) is 0 Å². The highest BCUT2D eigenvalue weighted by atomic mass is 15.1. The van der Waals surface area contributed by atoms with Crippen LogP contribution in [0.25, 0.3) is 0 Å². The number of hydrogen-bond donors (Lipinski definition) is 1. The molecule has 14 heavy (non-hydrogen) atoms. The zero-order valence-electron chi connectivity index (χ0n) is 9.29. The number of nitrogens with zero attached hydrogens (tertiary/aromatic N) is 2. The van der Waals surface area contributed by atoms with E-state index in [1.807, 2.05) is 7.05 Å². The second-order valence-electron chi connectivity index (χ2n) is 4.20. The topological polar surface area (TPSA) is 39.1 Å². The predicted molar refractivity (Wildman–Crippen MR) is 58.0 cm³/mol. The Morgan fingerprint density at radius 1 is 1.43 bits per heavy atom. The number of hydrogen-bond acceptors (Lipinski definition) is 3. The molecule has 1 fully saturated rings. The summed E-state index contributed by atoms with van der Waals surface area (Å²) in [5, 5.41) is 11.9. The molecule has 0 spiro atoms. The van der Waals surface area contributed by atoms with Gasteiger partial charge in [0.2, 0.25) is 0 Å². The molecule has 1 aliphatic carbocycles. The van der Waals surface area contributed by atoms with Gasteiger partial charge in [0.1, 0.15) is 6.04 Å². The van der Waals surface area contributed by atoms with Crippen LogP contribution in [0.2, 0.25) is 0 Å². The van der Waals surface area contributed by atoms with Crippen molar-refractivity contribution in [3.05, 3.63) is 0 Å². The Labute approximate surface area is 87.1 Å². The summed E-state index contributed by atoms with van der Waals surface area (Å²) in [6, 6.07) is 2.94. The Hall–Kier alpha value is -0.590. The lowest BCUT2D eigenvalue weighted by Crippen LogP contribution is -2.42. The number of nitriles is 1. The summed E-state index contributed by atoms with van der Waals surface area (Å²) in [5.74, 6) is 0. The molecule has 0 bridgehead atoms. The molecule has 1 rings (SSSR count). The maximum atomic E-state index is 8.83. The van der Waals surface area contributed by atoms with Crippen LogP contribution in [0.1, 0.15) is 32.1 Å². The van der Waals surface area contributed by atoms with Gasteiger partial charge in [0.05, 0.1) is 6.07 Å². The van der Waals surface area contributed by atoms with Gasteiger partial charge >= 0.3 is 0 Å². The molecule has 0 aromatic heterocycles. The van der Waals surface area contributed by atoms with Crippen LogP contribution in [-0.4, -0.2) is 37.6 Å². The molecular weight excluding hydrogens is 174 g/mol. The predicted octanol–water partition coefficient (Wildman–Crippen LogP) is 1.36. The fourth-order valence-electron chi connectivity index (χ4n) is 2.16. The van der Waals surface area contributed by atoms with Crippen LogP contribution in [0, 0.1) is 11.3 Å². The Morgan fingerprint density at radius 3 is 2.57 bits per heavy atom. The molecule has 1 unspecified atom stereocenters. The van der Waals surface area contributed by atoms with Gasteiger partial charge in [0.15, 0.2) is 0 Å². The minimum Gasteiger partial charge on any atom is -0.304 e. The van der Waals surface area contributed by atoms with Crippen molar-refractivity contribution in [2.24, 2.45) is 0 Å². The minimum absolute atomic E-state index is 0.0260. The summed E-state index contributed by atoms with van der Waals surface area (Å²) in [7, 11) is 3.99. The monoisotopic (exact) mass is 195 g/mol. The maximum Gasteiger partial charge on any atom is 0.108 e. The largest absolute Gasteiger partial charge is 0.304 e. The second-order valence-corrected chi connectivity index (χ2v) is 4.20. The van der Waals surface area contributed by atoms with Gasteiger partial charge in [-0.1, -0.05) is 19.3 Å². The molecule has 0 heterocycles. The van der Waals surface area contributed by atoms with Crippen LogP contribution in [0.3, 0.4) is 0 Å². The smallest absolute Gasteiger partial charge is 0.108 e. The summed E-state index contributed by atoms with van der Waals surface area (Å²) >= 11 is 0. The number of nitrogens with one attached hydrogen (secondary N) is 1. The number of rotatable bonds is 4. The normalized spacial score (nSPS) is 20.7. The molecule has 3 nitrogen and oxygen atoms in total. The van der Waals surface area contributed by atoms with Crippen molar-refractivity contribution in [3.8, 4) is 6.07 Å². The van der Waals surface area contributed by atoms with Crippen molar-refractivity contribution in [1.82, 2.24) is 10.2 Å². The molecule has 80 valence electrons. The van der Waals surface area contributed by atoms with Crippen LogP contribution in [-0.2, 0) is 0 Å². The van der Waals surface area contributed by atoms with Crippen molar-refractivity contribution in [1.29, 1.82) is 5.26 Å². The van der Waals surface area contributed by atoms with Crippen molar-refractivity contribution in [2.45, 2.75) is 44.2 Å². The van der Waals surface area contributed by atoms with Gasteiger partial charge in [-0.25, -0.2) is 0 Å². The van der Waals surface area contributed by atoms with E-state index in [1.54, 1.807) is 0 Å². The van der Waals surface area contributed by atoms with Crippen molar-refractivity contribution in [3.63, 3.8) is 0 Å². The summed E-state index contributed by atoms with van der Waals surface area (Å²) in [6.07, 6.45) is 6.70. The summed E-state index contributed by atoms with van der Waals surface area (Å²) < 4.78 is 0. The van der Waals surface area contributed by atoms with Crippen molar-refractivity contribution in [2.75, 3.05) is 20.6 Å². The molecular formula is C11H21N3. The van der Waals surface area contributed by atoms with E-state index in [0.29, 0.717) is 6.04 Å². The lowest BCUT2D eigenvalue weighted by atomic mass is 9.94. The van der Waals surface area contributed by atoms with Gasteiger partial charge in [-0.2, -0.15) is 5.26 Å². The zero-order valence-corrected chi connectivity index (χ0v) is 9.29. The van der Waals surface area contributed by atoms with Crippen molar-refractivity contribution < 1.29 is 0 Å². The molecule has 1 atom stereocenters. The molecule has 1 N–H and O–H groups in total.